The average Bonchev–Trinajstić information content (AvgIpc) is 3.32. The second kappa shape index (κ2) is 6.70. The molecule has 3 aromatic rings. The Labute approximate surface area is 155 Å². The number of aromatic nitrogens is 6. The second-order valence-corrected chi connectivity index (χ2v) is 7.99. The smallest absolute Gasteiger partial charge is 0.248 e. The maximum Gasteiger partial charge on any atom is 0.248 e. The van der Waals surface area contributed by atoms with Crippen molar-refractivity contribution in [3.05, 3.63) is 36.5 Å². The van der Waals surface area contributed by atoms with Gasteiger partial charge in [0.15, 0.2) is 11.6 Å². The van der Waals surface area contributed by atoms with Gasteiger partial charge in [-0.3, -0.25) is 0 Å². The molecular weight excluding hydrogens is 372 g/mol. The average molecular weight is 390 g/mol. The summed E-state index contributed by atoms with van der Waals surface area (Å²) >= 11 is 0. The summed E-state index contributed by atoms with van der Waals surface area (Å²) in [6, 6.07) is 1.80. The molecule has 0 N–H and O–H groups in total. The van der Waals surface area contributed by atoms with Gasteiger partial charge in [0.2, 0.25) is 10.0 Å². The fraction of sp³-hybridized carbons (Fsp3) is 0.400. The standard InChI is InChI=1S/C15H18N8O3S/c1-11-15(12(2)26-20-11)27(24,25)22-5-3-21(4-6-22)13-7-14(18-9-17-13)23-10-16-8-19-23/h7-10H,3-6H2,1-2H3. The van der Waals surface area contributed by atoms with Gasteiger partial charge >= 0.3 is 0 Å². The molecule has 11 nitrogen and oxygen atoms in total. The van der Waals surface area contributed by atoms with Gasteiger partial charge in [-0.25, -0.2) is 28.1 Å². The molecule has 4 rings (SSSR count). The zero-order chi connectivity index (χ0) is 19.0. The lowest BCUT2D eigenvalue weighted by Crippen LogP contribution is -2.49. The molecule has 0 bridgehead atoms. The molecule has 27 heavy (non-hydrogen) atoms. The Morgan fingerprint density at radius 1 is 1.04 bits per heavy atom. The quantitative estimate of drug-likeness (QED) is 0.613. The third kappa shape index (κ3) is 3.17. The van der Waals surface area contributed by atoms with Gasteiger partial charge in [0.1, 0.15) is 35.4 Å². The third-order valence-corrected chi connectivity index (χ3v) is 6.56. The highest BCUT2D eigenvalue weighted by Crippen LogP contribution is 2.25. The van der Waals surface area contributed by atoms with Gasteiger partial charge in [0.25, 0.3) is 0 Å². The van der Waals surface area contributed by atoms with Crippen LogP contribution >= 0.6 is 0 Å². The monoisotopic (exact) mass is 390 g/mol. The van der Waals surface area contributed by atoms with E-state index < -0.39 is 10.0 Å². The maximum absolute atomic E-state index is 12.9. The zero-order valence-corrected chi connectivity index (χ0v) is 15.7. The minimum absolute atomic E-state index is 0.159. The summed E-state index contributed by atoms with van der Waals surface area (Å²) in [5.74, 6) is 1.62. The Kier molecular flexibility index (Phi) is 4.36. The predicted molar refractivity (Wildman–Crippen MR) is 93.9 cm³/mol. The first kappa shape index (κ1) is 17.5. The highest BCUT2D eigenvalue weighted by Gasteiger charge is 2.33. The van der Waals surface area contributed by atoms with Crippen LogP contribution in [-0.4, -0.2) is 68.8 Å². The van der Waals surface area contributed by atoms with Crippen molar-refractivity contribution < 1.29 is 12.9 Å². The first-order chi connectivity index (χ1) is 13.0. The summed E-state index contributed by atoms with van der Waals surface area (Å²) in [6.45, 7) is 4.94. The fourth-order valence-electron chi connectivity index (χ4n) is 3.09. The van der Waals surface area contributed by atoms with Crippen molar-refractivity contribution in [2.45, 2.75) is 18.7 Å². The van der Waals surface area contributed by atoms with E-state index in [1.54, 1.807) is 30.9 Å². The summed E-state index contributed by atoms with van der Waals surface area (Å²) in [6.07, 6.45) is 4.44. The van der Waals surface area contributed by atoms with Crippen molar-refractivity contribution >= 4 is 15.8 Å². The van der Waals surface area contributed by atoms with Gasteiger partial charge in [-0.1, -0.05) is 5.16 Å². The van der Waals surface area contributed by atoms with Crippen LogP contribution in [0.3, 0.4) is 0 Å². The van der Waals surface area contributed by atoms with Crippen LogP contribution in [-0.2, 0) is 10.0 Å². The number of nitrogens with zero attached hydrogens (tertiary/aromatic N) is 8. The van der Waals surface area contributed by atoms with Gasteiger partial charge in [0.05, 0.1) is 0 Å². The van der Waals surface area contributed by atoms with Crippen molar-refractivity contribution in [1.82, 2.24) is 34.2 Å². The Hall–Kier alpha value is -2.86. The van der Waals surface area contributed by atoms with Crippen LogP contribution in [0.2, 0.25) is 0 Å². The normalized spacial score (nSPS) is 16.0. The van der Waals surface area contributed by atoms with E-state index in [1.807, 2.05) is 4.90 Å². The zero-order valence-electron chi connectivity index (χ0n) is 14.8. The molecule has 0 aliphatic carbocycles. The van der Waals surface area contributed by atoms with E-state index in [2.05, 4.69) is 25.2 Å². The summed E-state index contributed by atoms with van der Waals surface area (Å²) in [5.41, 5.74) is 0.378. The topological polar surface area (TPSA) is 123 Å². The van der Waals surface area contributed by atoms with Crippen LogP contribution in [0, 0.1) is 13.8 Å². The third-order valence-electron chi connectivity index (χ3n) is 4.42. The molecule has 142 valence electrons. The molecule has 0 aromatic carbocycles. The Bertz CT molecular complexity index is 1020. The van der Waals surface area contributed by atoms with E-state index >= 15 is 0 Å². The summed E-state index contributed by atoms with van der Waals surface area (Å²) in [4.78, 5) is 14.6. The van der Waals surface area contributed by atoms with Crippen molar-refractivity contribution in [1.29, 1.82) is 0 Å². The molecule has 12 heteroatoms. The molecule has 1 saturated heterocycles. The summed E-state index contributed by atoms with van der Waals surface area (Å²) in [7, 11) is -3.63. The van der Waals surface area contributed by atoms with E-state index in [0.717, 1.165) is 0 Å². The maximum atomic E-state index is 12.9. The van der Waals surface area contributed by atoms with E-state index in [-0.39, 0.29) is 4.90 Å². The lowest BCUT2D eigenvalue weighted by molar-refractivity contribution is 0.377. The molecule has 1 aliphatic heterocycles. The Balaban J connectivity index is 1.51. The van der Waals surface area contributed by atoms with Crippen LogP contribution in [0.1, 0.15) is 11.5 Å². The predicted octanol–water partition coefficient (Wildman–Crippen LogP) is 0.173. The molecule has 1 fully saturated rings. The molecule has 3 aromatic heterocycles. The Morgan fingerprint density at radius 3 is 2.41 bits per heavy atom. The number of anilines is 1. The van der Waals surface area contributed by atoms with Gasteiger partial charge in [-0.2, -0.15) is 9.40 Å². The SMILES string of the molecule is Cc1noc(C)c1S(=O)(=O)N1CCN(c2cc(-n3cncn3)ncn2)CC1. The fourth-order valence-corrected chi connectivity index (χ4v) is 4.80. The van der Waals surface area contributed by atoms with Gasteiger partial charge in [-0.15, -0.1) is 0 Å². The minimum atomic E-state index is -3.63. The molecule has 0 unspecified atom stereocenters. The molecule has 1 aliphatic rings. The largest absolute Gasteiger partial charge is 0.360 e. The number of hydrogen-bond acceptors (Lipinski definition) is 9. The molecule has 0 spiro atoms. The second-order valence-electron chi connectivity index (χ2n) is 6.12. The van der Waals surface area contributed by atoms with E-state index in [1.165, 1.54) is 17.0 Å². The molecule has 4 heterocycles. The van der Waals surface area contributed by atoms with Crippen LogP contribution < -0.4 is 4.90 Å². The summed E-state index contributed by atoms with van der Waals surface area (Å²) in [5, 5.41) is 7.81. The van der Waals surface area contributed by atoms with Crippen LogP contribution in [0.15, 0.2) is 34.5 Å². The number of hydrogen-bond donors (Lipinski definition) is 0. The Morgan fingerprint density at radius 2 is 1.78 bits per heavy atom. The van der Waals surface area contributed by atoms with Gasteiger partial charge < -0.3 is 9.42 Å². The number of piperazine rings is 1. The van der Waals surface area contributed by atoms with E-state index in [4.69, 9.17) is 4.52 Å². The van der Waals surface area contributed by atoms with Crippen molar-refractivity contribution in [3.63, 3.8) is 0 Å². The van der Waals surface area contributed by atoms with E-state index in [0.29, 0.717) is 49.3 Å². The minimum Gasteiger partial charge on any atom is -0.360 e. The molecule has 0 amide bonds. The number of aryl methyl sites for hydroxylation is 2. The van der Waals surface area contributed by atoms with Gasteiger partial charge in [0, 0.05) is 32.2 Å². The summed E-state index contributed by atoms with van der Waals surface area (Å²) < 4.78 is 33.8. The molecule has 0 radical (unpaired) electrons. The molecule has 0 atom stereocenters. The van der Waals surface area contributed by atoms with Crippen molar-refractivity contribution in [3.8, 4) is 5.82 Å². The van der Waals surface area contributed by atoms with Gasteiger partial charge in [-0.05, 0) is 13.8 Å². The van der Waals surface area contributed by atoms with E-state index in [9.17, 15) is 8.42 Å². The van der Waals surface area contributed by atoms with Crippen LogP contribution in [0.5, 0.6) is 0 Å². The first-order valence-corrected chi connectivity index (χ1v) is 9.76. The molecular formula is C15H18N8O3S. The number of rotatable bonds is 4. The number of sulfonamides is 1. The van der Waals surface area contributed by atoms with Crippen LogP contribution in [0.4, 0.5) is 5.82 Å². The lowest BCUT2D eigenvalue weighted by Gasteiger charge is -2.34. The molecule has 0 saturated carbocycles. The van der Waals surface area contributed by atoms with Crippen molar-refractivity contribution in [2.24, 2.45) is 0 Å². The van der Waals surface area contributed by atoms with Crippen molar-refractivity contribution in [2.75, 3.05) is 31.1 Å². The highest BCUT2D eigenvalue weighted by molar-refractivity contribution is 7.89. The highest BCUT2D eigenvalue weighted by atomic mass is 32.2. The van der Waals surface area contributed by atoms with Crippen LogP contribution in [0.25, 0.3) is 5.82 Å². The first-order valence-electron chi connectivity index (χ1n) is 8.32. The lowest BCUT2D eigenvalue weighted by atomic mass is 10.3.